The van der Waals surface area contributed by atoms with Crippen molar-refractivity contribution >= 4 is 26.0 Å². The second-order valence-electron chi connectivity index (χ2n) is 3.73. The van der Waals surface area contributed by atoms with Crippen molar-refractivity contribution in [3.05, 3.63) is 35.9 Å². The summed E-state index contributed by atoms with van der Waals surface area (Å²) in [5, 5.41) is 1.21. The lowest BCUT2D eigenvalue weighted by molar-refractivity contribution is -0.137. The van der Waals surface area contributed by atoms with Gasteiger partial charge >= 0.3 is 0 Å². The third-order valence-corrected chi connectivity index (χ3v) is 3.49. The first-order chi connectivity index (χ1) is 9.62. The number of carbonyl (C=O) groups is 1. The summed E-state index contributed by atoms with van der Waals surface area (Å²) in [5.74, 6) is 4.66. The molecule has 1 amide bonds. The second kappa shape index (κ2) is 10.8. The molecule has 0 saturated heterocycles. The number of nitrogens with two attached hydrogens (primary N) is 1. The Kier molecular flexibility index (Phi) is 10.3. The number of alkyl halides is 1. The van der Waals surface area contributed by atoms with Gasteiger partial charge in [-0.05, 0) is 14.1 Å². The quantitative estimate of drug-likeness (QED) is 0.235. The number of carbonyl (C=O) groups excluding carboxylic acids is 1. The normalized spacial score (nSPS) is 13.4. The van der Waals surface area contributed by atoms with Crippen molar-refractivity contribution in [2.75, 3.05) is 26.6 Å². The van der Waals surface area contributed by atoms with Gasteiger partial charge in [0.25, 0.3) is 5.91 Å². The lowest BCUT2D eigenvalue weighted by Gasteiger charge is -2.26. The Morgan fingerprint density at radius 2 is 1.95 bits per heavy atom. The molecule has 0 bridgehead atoms. The summed E-state index contributed by atoms with van der Waals surface area (Å²) in [7, 11) is 2.20. The number of hydrazine groups is 1. The molecule has 0 saturated carbocycles. The molecular weight excluding hydrogens is 301 g/mol. The van der Waals surface area contributed by atoms with Gasteiger partial charge in [-0.25, -0.2) is 5.84 Å². The molecule has 0 aliphatic heterocycles. The van der Waals surface area contributed by atoms with Crippen LogP contribution in [0.25, 0.3) is 0 Å². The predicted octanol–water partition coefficient (Wildman–Crippen LogP) is 0.677. The number of rotatable bonds is 6. The molecule has 2 atom stereocenters. The van der Waals surface area contributed by atoms with E-state index in [1.54, 1.807) is 30.3 Å². The molecule has 20 heavy (non-hydrogen) atoms. The van der Waals surface area contributed by atoms with Gasteiger partial charge in [0.2, 0.25) is 5.34 Å². The number of hydrogen-bond acceptors (Lipinski definition) is 5. The van der Waals surface area contributed by atoms with E-state index in [2.05, 4.69) is 5.32 Å². The van der Waals surface area contributed by atoms with Crippen molar-refractivity contribution in [3.8, 4) is 0 Å². The first-order valence-corrected chi connectivity index (χ1v) is 7.52. The first kappa shape index (κ1) is 19.1. The second-order valence-corrected chi connectivity index (χ2v) is 5.16. The van der Waals surface area contributed by atoms with Crippen molar-refractivity contribution in [1.29, 1.82) is 0 Å². The highest BCUT2D eigenvalue weighted by Crippen LogP contribution is 2.36. The van der Waals surface area contributed by atoms with Crippen LogP contribution >= 0.6 is 20.1 Å². The minimum absolute atomic E-state index is 0.110. The molecule has 6 nitrogen and oxygen atoms in total. The van der Waals surface area contributed by atoms with E-state index >= 15 is 0 Å². The van der Waals surface area contributed by atoms with E-state index in [9.17, 15) is 9.36 Å². The zero-order chi connectivity index (χ0) is 15.4. The van der Waals surface area contributed by atoms with Gasteiger partial charge < -0.3 is 14.6 Å². The van der Waals surface area contributed by atoms with Crippen molar-refractivity contribution in [3.63, 3.8) is 0 Å². The minimum atomic E-state index is -1.55. The van der Waals surface area contributed by atoms with Gasteiger partial charge in [0.1, 0.15) is 8.46 Å². The molecule has 0 radical (unpaired) electrons. The Balaban J connectivity index is 0.00000110. The number of benzene rings is 1. The minimum Gasteiger partial charge on any atom is -0.353 e. The summed E-state index contributed by atoms with van der Waals surface area (Å²) in [5.41, 5.74) is 2.48. The lowest BCUT2D eigenvalue weighted by Crippen LogP contribution is -2.46. The van der Waals surface area contributed by atoms with Crippen LogP contribution in [-0.2, 0) is 19.4 Å². The molecular formula is C12H21ClN3O3P. The molecule has 0 aromatic heterocycles. The van der Waals surface area contributed by atoms with Gasteiger partial charge in [-0.1, -0.05) is 30.3 Å². The summed E-state index contributed by atoms with van der Waals surface area (Å²) in [6.07, 6.45) is 0. The summed E-state index contributed by atoms with van der Waals surface area (Å²) >= 11 is 5.52. The molecule has 1 aromatic rings. The molecule has 1 aromatic carbocycles. The van der Waals surface area contributed by atoms with Crippen LogP contribution in [0, 0.1) is 0 Å². The summed E-state index contributed by atoms with van der Waals surface area (Å²) < 4.78 is 16.8. The average molecular weight is 322 g/mol. The highest BCUT2D eigenvalue weighted by Gasteiger charge is 2.40. The third-order valence-electron chi connectivity index (χ3n) is 2.24. The van der Waals surface area contributed by atoms with E-state index in [1.807, 2.05) is 19.5 Å². The van der Waals surface area contributed by atoms with E-state index in [1.165, 1.54) is 0 Å². The maximum atomic E-state index is 11.8. The van der Waals surface area contributed by atoms with E-state index in [0.29, 0.717) is 5.56 Å². The molecule has 0 aliphatic carbocycles. The summed E-state index contributed by atoms with van der Waals surface area (Å²) in [6.45, 7) is 0.110. The van der Waals surface area contributed by atoms with Gasteiger partial charge in [0.05, 0.1) is 6.61 Å². The molecule has 1 rings (SSSR count). The zero-order valence-corrected chi connectivity index (χ0v) is 13.5. The van der Waals surface area contributed by atoms with Crippen LogP contribution in [0.3, 0.4) is 0 Å². The molecule has 4 N–H and O–H groups in total. The van der Waals surface area contributed by atoms with Gasteiger partial charge in [-0.2, -0.15) is 0 Å². The monoisotopic (exact) mass is 321 g/mol. The standard InChI is InChI=1S/C10H14ClN2O3P.C2H7N/c11-6-7-16-10(17-15,9(14)13-12)8-4-2-1-3-5-8;1-3-2/h1-5H,6-7,12,17H2,(H,13,14);3H,1-2H3. The number of hydrogen-bond donors (Lipinski definition) is 3. The third kappa shape index (κ3) is 5.23. The topological polar surface area (TPSA) is 93.5 Å². The SMILES string of the molecule is CNC.NNC(=O)C(OCCCl)([PH2]=O)c1ccccc1. The van der Waals surface area contributed by atoms with Crippen LogP contribution in [0.1, 0.15) is 5.56 Å². The van der Waals surface area contributed by atoms with Gasteiger partial charge in [-0.3, -0.25) is 10.2 Å². The fourth-order valence-corrected chi connectivity index (χ4v) is 2.21. The maximum Gasteiger partial charge on any atom is 0.277 e. The number of halogens is 1. The Bertz CT molecular complexity index is 408. The van der Waals surface area contributed by atoms with E-state index in [-0.39, 0.29) is 12.5 Å². The fraction of sp³-hybridized carbons (Fsp3) is 0.417. The van der Waals surface area contributed by atoms with Crippen molar-refractivity contribution in [2.24, 2.45) is 5.84 Å². The van der Waals surface area contributed by atoms with Crippen molar-refractivity contribution in [2.45, 2.75) is 5.34 Å². The maximum absolute atomic E-state index is 11.8. The Hall–Kier alpha value is -0.910. The molecule has 8 heteroatoms. The summed E-state index contributed by atoms with van der Waals surface area (Å²) in [4.78, 5) is 11.8. The van der Waals surface area contributed by atoms with Crippen molar-refractivity contribution in [1.82, 2.24) is 10.7 Å². The van der Waals surface area contributed by atoms with Crippen LogP contribution in [-0.4, -0.2) is 32.5 Å². The molecule has 0 spiro atoms. The fourth-order valence-electron chi connectivity index (χ4n) is 1.43. The van der Waals surface area contributed by atoms with Crippen LogP contribution in [0.15, 0.2) is 30.3 Å². The Morgan fingerprint density at radius 3 is 2.35 bits per heavy atom. The van der Waals surface area contributed by atoms with Gasteiger partial charge in [-0.15, -0.1) is 11.6 Å². The van der Waals surface area contributed by atoms with Crippen LogP contribution in [0.4, 0.5) is 0 Å². The predicted molar refractivity (Wildman–Crippen MR) is 82.5 cm³/mol. The Labute approximate surface area is 125 Å². The van der Waals surface area contributed by atoms with Crippen LogP contribution in [0.2, 0.25) is 0 Å². The van der Waals surface area contributed by atoms with E-state index in [4.69, 9.17) is 22.2 Å². The van der Waals surface area contributed by atoms with E-state index in [0.717, 1.165) is 0 Å². The smallest absolute Gasteiger partial charge is 0.277 e. The highest BCUT2D eigenvalue weighted by atomic mass is 35.5. The van der Waals surface area contributed by atoms with Gasteiger partial charge in [0, 0.05) is 11.4 Å². The molecule has 2 unspecified atom stereocenters. The molecule has 0 fully saturated rings. The van der Waals surface area contributed by atoms with E-state index < -0.39 is 19.7 Å². The highest BCUT2D eigenvalue weighted by molar-refractivity contribution is 7.27. The number of nitrogens with one attached hydrogen (secondary N) is 2. The molecule has 0 aliphatic rings. The average Bonchev–Trinajstić information content (AvgIpc) is 2.50. The first-order valence-electron chi connectivity index (χ1n) is 5.94. The molecule has 0 heterocycles. The number of amides is 1. The Morgan fingerprint density at radius 1 is 1.40 bits per heavy atom. The van der Waals surface area contributed by atoms with Crippen molar-refractivity contribution < 1.29 is 14.1 Å². The summed E-state index contributed by atoms with van der Waals surface area (Å²) in [6, 6.07) is 8.57. The lowest BCUT2D eigenvalue weighted by atomic mass is 10.1. The largest absolute Gasteiger partial charge is 0.353 e. The molecule has 114 valence electrons. The zero-order valence-electron chi connectivity index (χ0n) is 11.6. The van der Waals surface area contributed by atoms with Gasteiger partial charge in [0.15, 0.2) is 0 Å². The van der Waals surface area contributed by atoms with Crippen LogP contribution < -0.4 is 16.6 Å². The van der Waals surface area contributed by atoms with Crippen LogP contribution in [0.5, 0.6) is 0 Å². The number of ether oxygens (including phenoxy) is 1.